The van der Waals surface area contributed by atoms with Crippen LogP contribution in [0.2, 0.25) is 0 Å². The van der Waals surface area contributed by atoms with Crippen molar-refractivity contribution in [3.63, 3.8) is 0 Å². The van der Waals surface area contributed by atoms with Gasteiger partial charge in [0.05, 0.1) is 10.6 Å². The lowest BCUT2D eigenvalue weighted by molar-refractivity contribution is 0.371. The summed E-state index contributed by atoms with van der Waals surface area (Å²) in [5.41, 5.74) is 0. The Morgan fingerprint density at radius 1 is 1.67 bits per heavy atom. The molecule has 1 aliphatic rings. The third-order valence-corrected chi connectivity index (χ3v) is 3.67. The SMILES string of the molecule is BrCc1noc(C2CCCS2)n1. The van der Waals surface area contributed by atoms with Crippen molar-refractivity contribution in [2.75, 3.05) is 5.75 Å². The van der Waals surface area contributed by atoms with E-state index in [0.717, 1.165) is 11.7 Å². The van der Waals surface area contributed by atoms with Crippen LogP contribution in [0.3, 0.4) is 0 Å². The van der Waals surface area contributed by atoms with Crippen molar-refractivity contribution in [2.45, 2.75) is 23.4 Å². The van der Waals surface area contributed by atoms with Crippen LogP contribution in [0.5, 0.6) is 0 Å². The van der Waals surface area contributed by atoms with E-state index in [9.17, 15) is 0 Å². The molecule has 5 heteroatoms. The molecule has 0 saturated carbocycles. The molecule has 1 aromatic heterocycles. The Labute approximate surface area is 83.4 Å². The first-order valence-corrected chi connectivity index (χ1v) is 6.07. The number of nitrogens with zero attached hydrogens (tertiary/aromatic N) is 2. The maximum Gasteiger partial charge on any atom is 0.239 e. The van der Waals surface area contributed by atoms with Crippen molar-refractivity contribution < 1.29 is 4.52 Å². The molecule has 0 N–H and O–H groups in total. The zero-order valence-electron chi connectivity index (χ0n) is 6.49. The molecular formula is C7H9BrN2OS. The Bertz CT molecular complexity index is 260. The van der Waals surface area contributed by atoms with Crippen molar-refractivity contribution in [2.24, 2.45) is 0 Å². The average Bonchev–Trinajstić information content (AvgIpc) is 2.75. The van der Waals surface area contributed by atoms with Crippen LogP contribution in [0.25, 0.3) is 0 Å². The summed E-state index contributed by atoms with van der Waals surface area (Å²) in [4.78, 5) is 4.27. The lowest BCUT2D eigenvalue weighted by Crippen LogP contribution is -1.88. The van der Waals surface area contributed by atoms with E-state index in [1.807, 2.05) is 11.8 Å². The molecule has 2 rings (SSSR count). The number of thioether (sulfide) groups is 1. The van der Waals surface area contributed by atoms with Crippen molar-refractivity contribution in [1.29, 1.82) is 0 Å². The Morgan fingerprint density at radius 3 is 3.17 bits per heavy atom. The first-order valence-electron chi connectivity index (χ1n) is 3.90. The average molecular weight is 249 g/mol. The lowest BCUT2D eigenvalue weighted by atomic mass is 10.2. The Balaban J connectivity index is 2.11. The third kappa shape index (κ3) is 1.66. The van der Waals surface area contributed by atoms with Gasteiger partial charge in [-0.05, 0) is 18.6 Å². The van der Waals surface area contributed by atoms with Gasteiger partial charge in [-0.25, -0.2) is 0 Å². The van der Waals surface area contributed by atoms with Crippen LogP contribution in [-0.2, 0) is 5.33 Å². The number of rotatable bonds is 2. The molecule has 1 aliphatic heterocycles. The van der Waals surface area contributed by atoms with E-state index in [1.54, 1.807) is 0 Å². The largest absolute Gasteiger partial charge is 0.338 e. The van der Waals surface area contributed by atoms with E-state index in [0.29, 0.717) is 10.6 Å². The second-order valence-electron chi connectivity index (χ2n) is 2.68. The van der Waals surface area contributed by atoms with Gasteiger partial charge in [0.15, 0.2) is 5.82 Å². The second-order valence-corrected chi connectivity index (χ2v) is 4.56. The third-order valence-electron chi connectivity index (χ3n) is 1.81. The molecule has 0 spiro atoms. The summed E-state index contributed by atoms with van der Waals surface area (Å²) in [7, 11) is 0. The van der Waals surface area contributed by atoms with Gasteiger partial charge in [-0.15, -0.1) is 11.8 Å². The summed E-state index contributed by atoms with van der Waals surface area (Å²) in [5.74, 6) is 2.76. The predicted molar refractivity (Wildman–Crippen MR) is 51.4 cm³/mol. The molecule has 0 aromatic carbocycles. The number of hydrogen-bond acceptors (Lipinski definition) is 4. The second kappa shape index (κ2) is 3.79. The van der Waals surface area contributed by atoms with Crippen LogP contribution < -0.4 is 0 Å². The summed E-state index contributed by atoms with van der Waals surface area (Å²) in [6.07, 6.45) is 2.44. The fraction of sp³-hybridized carbons (Fsp3) is 0.714. The molecule has 0 amide bonds. The van der Waals surface area contributed by atoms with Crippen LogP contribution in [0, 0.1) is 0 Å². The highest BCUT2D eigenvalue weighted by molar-refractivity contribution is 9.08. The fourth-order valence-corrected chi connectivity index (χ4v) is 2.64. The minimum atomic E-state index is 0.449. The molecule has 0 radical (unpaired) electrons. The van der Waals surface area contributed by atoms with Crippen LogP contribution in [0.4, 0.5) is 0 Å². The van der Waals surface area contributed by atoms with Crippen molar-refractivity contribution in [1.82, 2.24) is 10.1 Å². The standard InChI is InChI=1S/C7H9BrN2OS/c8-4-6-9-7(11-10-6)5-2-1-3-12-5/h5H,1-4H2. The molecule has 66 valence electrons. The molecule has 3 nitrogen and oxygen atoms in total. The van der Waals surface area contributed by atoms with E-state index < -0.39 is 0 Å². The quantitative estimate of drug-likeness (QED) is 0.755. The van der Waals surface area contributed by atoms with Gasteiger partial charge in [0.1, 0.15) is 0 Å². The molecule has 0 bridgehead atoms. The zero-order valence-corrected chi connectivity index (χ0v) is 8.90. The van der Waals surface area contributed by atoms with Crippen molar-refractivity contribution in [3.8, 4) is 0 Å². The Kier molecular flexibility index (Phi) is 2.70. The van der Waals surface area contributed by atoms with Crippen LogP contribution in [0.15, 0.2) is 4.52 Å². The molecule has 1 atom stereocenters. The van der Waals surface area contributed by atoms with Gasteiger partial charge >= 0.3 is 0 Å². The predicted octanol–water partition coefficient (Wildman–Crippen LogP) is 2.53. The van der Waals surface area contributed by atoms with Gasteiger partial charge in [-0.2, -0.15) is 4.98 Å². The number of alkyl halides is 1. The van der Waals surface area contributed by atoms with Gasteiger partial charge in [0.2, 0.25) is 5.89 Å². The van der Waals surface area contributed by atoms with Crippen LogP contribution >= 0.6 is 27.7 Å². The van der Waals surface area contributed by atoms with E-state index in [2.05, 4.69) is 26.1 Å². The van der Waals surface area contributed by atoms with Crippen molar-refractivity contribution >= 4 is 27.7 Å². The fourth-order valence-electron chi connectivity index (χ4n) is 1.22. The Hall–Kier alpha value is -0.0300. The highest BCUT2D eigenvalue weighted by atomic mass is 79.9. The van der Waals surface area contributed by atoms with Gasteiger partial charge < -0.3 is 4.52 Å². The van der Waals surface area contributed by atoms with Crippen molar-refractivity contribution in [3.05, 3.63) is 11.7 Å². The maximum absolute atomic E-state index is 5.13. The summed E-state index contributed by atoms with van der Waals surface area (Å²) < 4.78 is 5.13. The molecule has 2 heterocycles. The number of aromatic nitrogens is 2. The van der Waals surface area contributed by atoms with Crippen LogP contribution in [0.1, 0.15) is 29.8 Å². The molecule has 1 aromatic rings. The lowest BCUT2D eigenvalue weighted by Gasteiger charge is -1.98. The first kappa shape index (κ1) is 8.56. The summed E-state index contributed by atoms with van der Waals surface area (Å²) in [6, 6.07) is 0. The monoisotopic (exact) mass is 248 g/mol. The van der Waals surface area contributed by atoms with Crippen LogP contribution in [-0.4, -0.2) is 15.9 Å². The molecule has 12 heavy (non-hydrogen) atoms. The minimum absolute atomic E-state index is 0.449. The van der Waals surface area contributed by atoms with E-state index in [4.69, 9.17) is 4.52 Å². The minimum Gasteiger partial charge on any atom is -0.338 e. The Morgan fingerprint density at radius 2 is 2.58 bits per heavy atom. The normalized spacial score (nSPS) is 23.2. The van der Waals surface area contributed by atoms with Gasteiger partial charge in [-0.1, -0.05) is 21.1 Å². The van der Waals surface area contributed by atoms with Gasteiger partial charge in [-0.3, -0.25) is 0 Å². The molecule has 1 unspecified atom stereocenters. The molecular weight excluding hydrogens is 240 g/mol. The first-order chi connectivity index (χ1) is 5.90. The molecule has 1 saturated heterocycles. The van der Waals surface area contributed by atoms with E-state index in [-0.39, 0.29) is 0 Å². The summed E-state index contributed by atoms with van der Waals surface area (Å²) in [6.45, 7) is 0. The molecule has 1 fully saturated rings. The number of halogens is 1. The topological polar surface area (TPSA) is 38.9 Å². The summed E-state index contributed by atoms with van der Waals surface area (Å²) >= 11 is 5.20. The van der Waals surface area contributed by atoms with E-state index in [1.165, 1.54) is 18.6 Å². The van der Waals surface area contributed by atoms with Gasteiger partial charge in [0.25, 0.3) is 0 Å². The smallest absolute Gasteiger partial charge is 0.239 e. The maximum atomic E-state index is 5.13. The van der Waals surface area contributed by atoms with E-state index >= 15 is 0 Å². The summed E-state index contributed by atoms with van der Waals surface area (Å²) in [5, 5.41) is 4.96. The highest BCUT2D eigenvalue weighted by Crippen LogP contribution is 2.38. The zero-order chi connectivity index (χ0) is 8.39. The number of hydrogen-bond donors (Lipinski definition) is 0. The molecule has 0 aliphatic carbocycles. The highest BCUT2D eigenvalue weighted by Gasteiger charge is 2.23. The van der Waals surface area contributed by atoms with Gasteiger partial charge in [0, 0.05) is 0 Å².